The van der Waals surface area contributed by atoms with Crippen LogP contribution >= 0.6 is 0 Å². The van der Waals surface area contributed by atoms with Gasteiger partial charge >= 0.3 is 12.1 Å². The Morgan fingerprint density at radius 1 is 1.18 bits per heavy atom. The molecule has 2 aromatic rings. The van der Waals surface area contributed by atoms with E-state index in [2.05, 4.69) is 34.7 Å². The SMILES string of the molecule is CN1Cc2cccc(-c3cnc4n3CCN(C(=O)C3CCOC3)CC4)c2C1.O=C(O)C(F)(F)F. The summed E-state index contributed by atoms with van der Waals surface area (Å²) in [7, 11) is 2.16. The van der Waals surface area contributed by atoms with Crippen LogP contribution in [0.1, 0.15) is 23.4 Å². The molecule has 0 bridgehead atoms. The fraction of sp³-hybridized carbons (Fsp3) is 0.522. The minimum absolute atomic E-state index is 0.0443. The Hall–Kier alpha value is -2.92. The van der Waals surface area contributed by atoms with Crippen LogP contribution in [0.3, 0.4) is 0 Å². The van der Waals surface area contributed by atoms with Crippen molar-refractivity contribution in [3.05, 3.63) is 41.3 Å². The number of aromatic nitrogens is 2. The van der Waals surface area contributed by atoms with Gasteiger partial charge in [-0.3, -0.25) is 9.69 Å². The summed E-state index contributed by atoms with van der Waals surface area (Å²) in [6.45, 7) is 5.60. The van der Waals surface area contributed by atoms with E-state index in [9.17, 15) is 18.0 Å². The molecule has 184 valence electrons. The Labute approximate surface area is 194 Å². The Morgan fingerprint density at radius 2 is 1.94 bits per heavy atom. The first-order chi connectivity index (χ1) is 16.1. The zero-order valence-corrected chi connectivity index (χ0v) is 18.8. The van der Waals surface area contributed by atoms with Crippen molar-refractivity contribution in [1.82, 2.24) is 19.4 Å². The van der Waals surface area contributed by atoms with Crippen LogP contribution in [0.2, 0.25) is 0 Å². The Bertz CT molecular complexity index is 1060. The van der Waals surface area contributed by atoms with Gasteiger partial charge in [-0.05, 0) is 24.6 Å². The van der Waals surface area contributed by atoms with Gasteiger partial charge in [0.05, 0.1) is 24.4 Å². The third-order valence-corrected chi connectivity index (χ3v) is 6.39. The second-order valence-corrected chi connectivity index (χ2v) is 8.77. The number of aliphatic carboxylic acids is 1. The molecule has 3 aliphatic heterocycles. The van der Waals surface area contributed by atoms with Crippen molar-refractivity contribution in [1.29, 1.82) is 0 Å². The van der Waals surface area contributed by atoms with E-state index in [1.54, 1.807) is 0 Å². The van der Waals surface area contributed by atoms with Crippen molar-refractivity contribution < 1.29 is 32.6 Å². The summed E-state index contributed by atoms with van der Waals surface area (Å²) in [5.41, 5.74) is 5.32. The van der Waals surface area contributed by atoms with Gasteiger partial charge in [-0.25, -0.2) is 9.78 Å². The molecule has 1 N–H and O–H groups in total. The number of hydrogen-bond acceptors (Lipinski definition) is 5. The van der Waals surface area contributed by atoms with Gasteiger partial charge in [0.25, 0.3) is 0 Å². The van der Waals surface area contributed by atoms with E-state index in [1.165, 1.54) is 22.4 Å². The smallest absolute Gasteiger partial charge is 0.475 e. The molecule has 8 nitrogen and oxygen atoms in total. The zero-order chi connectivity index (χ0) is 24.5. The van der Waals surface area contributed by atoms with Crippen LogP contribution < -0.4 is 0 Å². The molecule has 1 aromatic carbocycles. The predicted molar refractivity (Wildman–Crippen MR) is 116 cm³/mol. The number of alkyl halides is 3. The van der Waals surface area contributed by atoms with Crippen LogP contribution in [0.4, 0.5) is 13.2 Å². The minimum atomic E-state index is -5.08. The molecule has 1 atom stereocenters. The second-order valence-electron chi connectivity index (χ2n) is 8.77. The van der Waals surface area contributed by atoms with Gasteiger partial charge in [0.2, 0.25) is 5.91 Å². The van der Waals surface area contributed by atoms with Gasteiger partial charge in [0, 0.05) is 51.3 Å². The maximum atomic E-state index is 12.8. The standard InChI is InChI=1S/C21H26N4O2.C2HF3O2/c1-23-12-15-3-2-4-17(18(15)13-23)19-11-22-20-5-7-24(8-9-25(19)20)21(26)16-6-10-27-14-16;3-2(4,5)1(6)7/h2-4,11,16H,5-10,12-14H2,1H3;(H,6,7). The topological polar surface area (TPSA) is 87.9 Å². The Morgan fingerprint density at radius 3 is 2.62 bits per heavy atom. The van der Waals surface area contributed by atoms with Crippen LogP contribution in [0.5, 0.6) is 0 Å². The predicted octanol–water partition coefficient (Wildman–Crippen LogP) is 2.55. The number of carbonyl (C=O) groups excluding carboxylic acids is 1. The number of fused-ring (bicyclic) bond motifs is 2. The van der Waals surface area contributed by atoms with E-state index in [1.807, 2.05) is 11.1 Å². The van der Waals surface area contributed by atoms with Crippen LogP contribution in [0, 0.1) is 5.92 Å². The molecule has 1 saturated heterocycles. The van der Waals surface area contributed by atoms with Crippen molar-refractivity contribution in [3.63, 3.8) is 0 Å². The minimum Gasteiger partial charge on any atom is -0.475 e. The highest BCUT2D eigenvalue weighted by molar-refractivity contribution is 5.79. The van der Waals surface area contributed by atoms with Crippen molar-refractivity contribution >= 4 is 11.9 Å². The van der Waals surface area contributed by atoms with Crippen LogP contribution in [-0.2, 0) is 40.4 Å². The molecule has 3 aliphatic rings. The van der Waals surface area contributed by atoms with Crippen LogP contribution in [0.15, 0.2) is 24.4 Å². The lowest BCUT2D eigenvalue weighted by Crippen LogP contribution is -2.38. The van der Waals surface area contributed by atoms with Crippen molar-refractivity contribution in [2.75, 3.05) is 33.4 Å². The molecule has 0 radical (unpaired) electrons. The summed E-state index contributed by atoms with van der Waals surface area (Å²) >= 11 is 0. The molecule has 0 aliphatic carbocycles. The zero-order valence-electron chi connectivity index (χ0n) is 18.8. The number of ether oxygens (including phenoxy) is 1. The Kier molecular flexibility index (Phi) is 6.94. The molecule has 1 amide bonds. The summed E-state index contributed by atoms with van der Waals surface area (Å²) in [6.07, 6.45) is -1.39. The number of benzene rings is 1. The molecule has 1 aromatic heterocycles. The first kappa shape index (κ1) is 24.2. The van der Waals surface area contributed by atoms with Gasteiger partial charge in [0.1, 0.15) is 5.82 Å². The summed E-state index contributed by atoms with van der Waals surface area (Å²) < 4.78 is 39.5. The molecule has 5 rings (SSSR count). The van der Waals surface area contributed by atoms with Gasteiger partial charge in [0.15, 0.2) is 0 Å². The number of halogens is 3. The lowest BCUT2D eigenvalue weighted by Gasteiger charge is -2.23. The maximum Gasteiger partial charge on any atom is 0.490 e. The van der Waals surface area contributed by atoms with Gasteiger partial charge in [-0.15, -0.1) is 0 Å². The number of carboxylic acids is 1. The highest BCUT2D eigenvalue weighted by Gasteiger charge is 2.38. The quantitative estimate of drug-likeness (QED) is 0.711. The van der Waals surface area contributed by atoms with E-state index < -0.39 is 12.1 Å². The van der Waals surface area contributed by atoms with E-state index in [0.717, 1.165) is 51.4 Å². The van der Waals surface area contributed by atoms with E-state index in [0.29, 0.717) is 13.2 Å². The maximum absolute atomic E-state index is 12.8. The van der Waals surface area contributed by atoms with Gasteiger partial charge in [-0.1, -0.05) is 18.2 Å². The summed E-state index contributed by atoms with van der Waals surface area (Å²) in [5.74, 6) is -1.37. The van der Waals surface area contributed by atoms with Crippen LogP contribution in [-0.4, -0.2) is 75.9 Å². The lowest BCUT2D eigenvalue weighted by molar-refractivity contribution is -0.192. The van der Waals surface area contributed by atoms with Gasteiger partial charge in [-0.2, -0.15) is 13.2 Å². The third-order valence-electron chi connectivity index (χ3n) is 6.39. The van der Waals surface area contributed by atoms with Crippen LogP contribution in [0.25, 0.3) is 11.3 Å². The molecule has 4 heterocycles. The van der Waals surface area contributed by atoms with E-state index >= 15 is 0 Å². The summed E-state index contributed by atoms with van der Waals surface area (Å²) in [6, 6.07) is 6.60. The number of carbonyl (C=O) groups is 2. The number of imidazole rings is 1. The average molecular weight is 480 g/mol. The fourth-order valence-corrected chi connectivity index (χ4v) is 4.68. The summed E-state index contributed by atoms with van der Waals surface area (Å²) in [5, 5.41) is 7.12. The molecule has 0 spiro atoms. The molecule has 1 unspecified atom stereocenters. The van der Waals surface area contributed by atoms with Crippen molar-refractivity contribution in [2.24, 2.45) is 5.92 Å². The molecule has 34 heavy (non-hydrogen) atoms. The highest BCUT2D eigenvalue weighted by atomic mass is 19.4. The van der Waals surface area contributed by atoms with Gasteiger partial charge < -0.3 is 19.3 Å². The lowest BCUT2D eigenvalue weighted by atomic mass is 10.0. The number of rotatable bonds is 2. The highest BCUT2D eigenvalue weighted by Crippen LogP contribution is 2.33. The molecule has 1 fully saturated rings. The number of hydrogen-bond donors (Lipinski definition) is 1. The van der Waals surface area contributed by atoms with E-state index in [-0.39, 0.29) is 11.8 Å². The first-order valence-electron chi connectivity index (χ1n) is 11.2. The van der Waals surface area contributed by atoms with Crippen molar-refractivity contribution in [2.45, 2.75) is 38.7 Å². The summed E-state index contributed by atoms with van der Waals surface area (Å²) in [4.78, 5) is 30.8. The molecular formula is C23H27F3N4O4. The van der Waals surface area contributed by atoms with E-state index in [4.69, 9.17) is 19.6 Å². The number of amides is 1. The normalized spacial score (nSPS) is 20.2. The first-order valence-corrected chi connectivity index (χ1v) is 11.2. The third kappa shape index (κ3) is 5.10. The van der Waals surface area contributed by atoms with Crippen molar-refractivity contribution in [3.8, 4) is 11.3 Å². The average Bonchev–Trinajstić information content (AvgIpc) is 3.50. The second kappa shape index (κ2) is 9.75. The number of carboxylic acid groups (broad SMARTS) is 1. The number of nitrogens with zero attached hydrogens (tertiary/aromatic N) is 4. The monoisotopic (exact) mass is 480 g/mol. The molecule has 11 heteroatoms. The fourth-order valence-electron chi connectivity index (χ4n) is 4.68. The molecule has 0 saturated carbocycles. The molecular weight excluding hydrogens is 453 g/mol. The largest absolute Gasteiger partial charge is 0.490 e. The Balaban J connectivity index is 0.000000344.